The van der Waals surface area contributed by atoms with Crippen molar-refractivity contribution in [2.45, 2.75) is 0 Å². The van der Waals surface area contributed by atoms with Crippen LogP contribution >= 0.6 is 11.6 Å². The molecular formula is C7H6ClN5. The van der Waals surface area contributed by atoms with Crippen molar-refractivity contribution in [3.63, 3.8) is 0 Å². The maximum absolute atomic E-state index is 7.98. The normalized spacial score (nSPS) is 9.92. The van der Waals surface area contributed by atoms with E-state index in [1.165, 1.54) is 0 Å². The molecule has 0 saturated heterocycles. The van der Waals surface area contributed by atoms with Gasteiger partial charge >= 0.3 is 0 Å². The Kier molecular flexibility index (Phi) is 3.75. The third-order valence-corrected chi connectivity index (χ3v) is 1.40. The molecule has 0 atom stereocenters. The quantitative estimate of drug-likeness (QED) is 0.322. The molecule has 1 aromatic rings. The third-order valence-electron chi connectivity index (χ3n) is 1.20. The Morgan fingerprint density at radius 2 is 2.23 bits per heavy atom. The lowest BCUT2D eigenvalue weighted by Crippen LogP contribution is -1.82. The molecule has 0 aromatic carbocycles. The summed E-state index contributed by atoms with van der Waals surface area (Å²) in [6, 6.07) is 0. The van der Waals surface area contributed by atoms with E-state index in [1.807, 2.05) is 0 Å². The predicted octanol–water partition coefficient (Wildman–Crippen LogP) is 2.45. The summed E-state index contributed by atoms with van der Waals surface area (Å²) in [5.41, 5.74) is 8.80. The molecule has 1 aromatic heterocycles. The summed E-state index contributed by atoms with van der Waals surface area (Å²) in [6.45, 7) is 0.319. The maximum Gasteiger partial charge on any atom is 0.222 e. The minimum atomic E-state index is 0.215. The van der Waals surface area contributed by atoms with E-state index in [0.29, 0.717) is 6.54 Å². The van der Waals surface area contributed by atoms with Crippen molar-refractivity contribution in [3.8, 4) is 0 Å². The van der Waals surface area contributed by atoms with Crippen molar-refractivity contribution in [3.05, 3.63) is 39.8 Å². The third kappa shape index (κ3) is 3.55. The molecule has 13 heavy (non-hydrogen) atoms. The molecule has 0 aliphatic rings. The molecule has 0 unspecified atom stereocenters. The van der Waals surface area contributed by atoms with E-state index in [1.54, 1.807) is 24.5 Å². The molecule has 1 rings (SSSR count). The van der Waals surface area contributed by atoms with E-state index < -0.39 is 0 Å². The molecule has 5 nitrogen and oxygen atoms in total. The topological polar surface area (TPSA) is 74.5 Å². The second-order valence-corrected chi connectivity index (χ2v) is 2.44. The number of nitrogens with zero attached hydrogens (tertiary/aromatic N) is 5. The van der Waals surface area contributed by atoms with E-state index in [4.69, 9.17) is 17.1 Å². The predicted molar refractivity (Wildman–Crippen MR) is 50.1 cm³/mol. The SMILES string of the molecule is [N-]=[N+]=NCC=Cc1cnc(Cl)nc1. The van der Waals surface area contributed by atoms with Crippen LogP contribution in [-0.4, -0.2) is 16.5 Å². The van der Waals surface area contributed by atoms with E-state index in [2.05, 4.69) is 20.0 Å². The van der Waals surface area contributed by atoms with Gasteiger partial charge in [0.25, 0.3) is 0 Å². The van der Waals surface area contributed by atoms with Gasteiger partial charge in [0, 0.05) is 29.4 Å². The zero-order chi connectivity index (χ0) is 9.52. The smallest absolute Gasteiger partial charge is 0.222 e. The van der Waals surface area contributed by atoms with Gasteiger partial charge in [0.1, 0.15) is 0 Å². The highest BCUT2D eigenvalue weighted by Gasteiger charge is 1.88. The molecular weight excluding hydrogens is 190 g/mol. The Morgan fingerprint density at radius 3 is 2.85 bits per heavy atom. The summed E-state index contributed by atoms with van der Waals surface area (Å²) >= 11 is 5.48. The van der Waals surface area contributed by atoms with Gasteiger partial charge in [0.2, 0.25) is 5.28 Å². The largest absolute Gasteiger partial charge is 0.226 e. The van der Waals surface area contributed by atoms with Crippen LogP contribution in [0.25, 0.3) is 16.5 Å². The standard InChI is InChI=1S/C7H6ClN5/c8-7-10-4-6(5-11-7)2-1-3-12-13-9/h1-2,4-5H,3H2. The summed E-state index contributed by atoms with van der Waals surface area (Å²) in [5, 5.41) is 3.55. The Morgan fingerprint density at radius 1 is 1.54 bits per heavy atom. The molecule has 0 aliphatic heterocycles. The van der Waals surface area contributed by atoms with Gasteiger partial charge in [-0.05, 0) is 17.1 Å². The Bertz CT molecular complexity index is 338. The number of aromatic nitrogens is 2. The zero-order valence-corrected chi connectivity index (χ0v) is 7.39. The Hall–Kier alpha value is -1.58. The number of hydrogen-bond acceptors (Lipinski definition) is 3. The summed E-state index contributed by atoms with van der Waals surface area (Å²) in [7, 11) is 0. The van der Waals surface area contributed by atoms with Crippen LogP contribution < -0.4 is 0 Å². The monoisotopic (exact) mass is 195 g/mol. The highest BCUT2D eigenvalue weighted by molar-refractivity contribution is 6.28. The summed E-state index contributed by atoms with van der Waals surface area (Å²) < 4.78 is 0. The fourth-order valence-electron chi connectivity index (χ4n) is 0.681. The van der Waals surface area contributed by atoms with Crippen molar-refractivity contribution in [1.29, 1.82) is 0 Å². The molecule has 0 N–H and O–H groups in total. The first-order valence-corrected chi connectivity index (χ1v) is 3.85. The van der Waals surface area contributed by atoms with Gasteiger partial charge in [-0.2, -0.15) is 0 Å². The average Bonchev–Trinajstić information content (AvgIpc) is 2.15. The lowest BCUT2D eigenvalue weighted by Gasteiger charge is -1.90. The van der Waals surface area contributed by atoms with Crippen molar-refractivity contribution in [2.75, 3.05) is 6.54 Å². The lowest BCUT2D eigenvalue weighted by atomic mass is 10.3. The highest BCUT2D eigenvalue weighted by atomic mass is 35.5. The Balaban J connectivity index is 2.58. The van der Waals surface area contributed by atoms with Gasteiger partial charge in [0.05, 0.1) is 0 Å². The number of azide groups is 1. The van der Waals surface area contributed by atoms with E-state index in [0.717, 1.165) is 5.56 Å². The Labute approximate surface area is 79.7 Å². The van der Waals surface area contributed by atoms with E-state index in [9.17, 15) is 0 Å². The molecule has 0 saturated carbocycles. The minimum Gasteiger partial charge on any atom is -0.226 e. The van der Waals surface area contributed by atoms with E-state index >= 15 is 0 Å². The summed E-state index contributed by atoms with van der Waals surface area (Å²) in [4.78, 5) is 10.2. The second-order valence-electron chi connectivity index (χ2n) is 2.10. The van der Waals surface area contributed by atoms with Crippen molar-refractivity contribution < 1.29 is 0 Å². The first-order valence-electron chi connectivity index (χ1n) is 3.48. The lowest BCUT2D eigenvalue weighted by molar-refractivity contribution is 1.16. The van der Waals surface area contributed by atoms with Crippen LogP contribution in [0, 0.1) is 0 Å². The molecule has 0 fully saturated rings. The van der Waals surface area contributed by atoms with Crippen molar-refractivity contribution in [2.24, 2.45) is 5.11 Å². The molecule has 0 amide bonds. The van der Waals surface area contributed by atoms with Crippen molar-refractivity contribution >= 4 is 17.7 Å². The van der Waals surface area contributed by atoms with Gasteiger partial charge in [-0.25, -0.2) is 9.97 Å². The molecule has 6 heteroatoms. The van der Waals surface area contributed by atoms with Crippen LogP contribution in [0.2, 0.25) is 5.28 Å². The number of halogens is 1. The molecule has 1 heterocycles. The first kappa shape index (κ1) is 9.51. The second kappa shape index (κ2) is 5.13. The molecule has 0 spiro atoms. The van der Waals surface area contributed by atoms with Crippen LogP contribution in [0.15, 0.2) is 23.6 Å². The van der Waals surface area contributed by atoms with Gasteiger partial charge in [-0.1, -0.05) is 17.3 Å². The van der Waals surface area contributed by atoms with Crippen LogP contribution in [0.1, 0.15) is 5.56 Å². The summed E-state index contributed by atoms with van der Waals surface area (Å²) in [5.74, 6) is 0. The van der Waals surface area contributed by atoms with Gasteiger partial charge < -0.3 is 0 Å². The number of hydrogen-bond donors (Lipinski definition) is 0. The van der Waals surface area contributed by atoms with Crippen molar-refractivity contribution in [1.82, 2.24) is 9.97 Å². The zero-order valence-electron chi connectivity index (χ0n) is 6.63. The van der Waals surface area contributed by atoms with Gasteiger partial charge in [0.15, 0.2) is 0 Å². The maximum atomic E-state index is 7.98. The van der Waals surface area contributed by atoms with Gasteiger partial charge in [-0.15, -0.1) is 0 Å². The fourth-order valence-corrected chi connectivity index (χ4v) is 0.778. The van der Waals surface area contributed by atoms with E-state index in [-0.39, 0.29) is 5.28 Å². The minimum absolute atomic E-state index is 0.215. The van der Waals surface area contributed by atoms with Crippen LogP contribution in [-0.2, 0) is 0 Å². The molecule has 0 bridgehead atoms. The molecule has 0 aliphatic carbocycles. The molecule has 66 valence electrons. The average molecular weight is 196 g/mol. The number of rotatable bonds is 3. The first-order chi connectivity index (χ1) is 6.33. The van der Waals surface area contributed by atoms with Crippen LogP contribution in [0.4, 0.5) is 0 Å². The van der Waals surface area contributed by atoms with Crippen LogP contribution in [0.3, 0.4) is 0 Å². The fraction of sp³-hybridized carbons (Fsp3) is 0.143. The van der Waals surface area contributed by atoms with Gasteiger partial charge in [-0.3, -0.25) is 0 Å². The molecule has 0 radical (unpaired) electrons. The van der Waals surface area contributed by atoms with Crippen LogP contribution in [0.5, 0.6) is 0 Å². The highest BCUT2D eigenvalue weighted by Crippen LogP contribution is 2.02. The summed E-state index contributed by atoms with van der Waals surface area (Å²) in [6.07, 6.45) is 6.64.